The van der Waals surface area contributed by atoms with Crippen molar-refractivity contribution in [2.75, 3.05) is 0 Å². The minimum absolute atomic E-state index is 0. The molecule has 0 atom stereocenters. The van der Waals surface area contributed by atoms with E-state index in [9.17, 15) is 0 Å². The molecule has 0 bridgehead atoms. The Labute approximate surface area is 138 Å². The van der Waals surface area contributed by atoms with E-state index < -0.39 is 0 Å². The van der Waals surface area contributed by atoms with Crippen molar-refractivity contribution in [3.8, 4) is 22.6 Å². The van der Waals surface area contributed by atoms with Crippen LogP contribution in [0.5, 0.6) is 11.5 Å². The zero-order valence-electron chi connectivity index (χ0n) is 11.4. The molecule has 4 rings (SSSR count). The summed E-state index contributed by atoms with van der Waals surface area (Å²) in [6.45, 7) is 0. The third-order valence-electron chi connectivity index (χ3n) is 3.78. The van der Waals surface area contributed by atoms with E-state index in [1.54, 1.807) is 0 Å². The maximum absolute atomic E-state index is 6.04. The summed E-state index contributed by atoms with van der Waals surface area (Å²) in [6, 6.07) is 25.0. The van der Waals surface area contributed by atoms with Crippen molar-refractivity contribution in [2.24, 2.45) is 0 Å². The second kappa shape index (κ2) is 5.87. The van der Waals surface area contributed by atoms with Crippen LogP contribution in [-0.2, 0) is 27.5 Å². The fraction of sp³-hybridized carbons (Fsp3) is 0.0526. The average Bonchev–Trinajstić information content (AvgIpc) is 2.53. The summed E-state index contributed by atoms with van der Waals surface area (Å²) in [7, 11) is 0. The van der Waals surface area contributed by atoms with Gasteiger partial charge in [-0.15, -0.1) is 0 Å². The third kappa shape index (κ3) is 2.54. The standard InChI is InChI=1S/C19H14O.Pt/c1-2-7-14(8-3-1)16-10-6-12-19-17(16)13-15-9-4-5-11-18(15)20-19;/h1-12H,13H2;. The molecule has 21 heavy (non-hydrogen) atoms. The smallest absolute Gasteiger partial charge is 0.131 e. The van der Waals surface area contributed by atoms with E-state index in [1.807, 2.05) is 18.2 Å². The molecule has 1 aliphatic heterocycles. The number of fused-ring (bicyclic) bond motifs is 2. The average molecular weight is 453 g/mol. The van der Waals surface area contributed by atoms with Gasteiger partial charge in [0.1, 0.15) is 11.5 Å². The summed E-state index contributed by atoms with van der Waals surface area (Å²) in [4.78, 5) is 0. The van der Waals surface area contributed by atoms with Crippen molar-refractivity contribution in [3.05, 3.63) is 83.9 Å². The summed E-state index contributed by atoms with van der Waals surface area (Å²) in [5.41, 5.74) is 5.03. The van der Waals surface area contributed by atoms with Crippen molar-refractivity contribution in [1.82, 2.24) is 0 Å². The number of hydrogen-bond acceptors (Lipinski definition) is 1. The van der Waals surface area contributed by atoms with Gasteiger partial charge in [0.05, 0.1) is 0 Å². The van der Waals surface area contributed by atoms with Crippen LogP contribution in [0.15, 0.2) is 72.8 Å². The molecule has 1 aliphatic rings. The van der Waals surface area contributed by atoms with Gasteiger partial charge in [0.2, 0.25) is 0 Å². The van der Waals surface area contributed by atoms with Gasteiger partial charge in [-0.1, -0.05) is 60.7 Å². The van der Waals surface area contributed by atoms with Gasteiger partial charge >= 0.3 is 0 Å². The molecule has 0 saturated heterocycles. The van der Waals surface area contributed by atoms with Crippen molar-refractivity contribution >= 4 is 0 Å². The van der Waals surface area contributed by atoms with Crippen molar-refractivity contribution in [2.45, 2.75) is 6.42 Å². The van der Waals surface area contributed by atoms with E-state index in [-0.39, 0.29) is 21.1 Å². The SMILES string of the molecule is [Pt].c1ccc(-c2cccc3c2Cc2ccccc2O3)cc1. The Morgan fingerprint density at radius 2 is 1.38 bits per heavy atom. The van der Waals surface area contributed by atoms with E-state index in [0.29, 0.717) is 0 Å². The Kier molecular flexibility index (Phi) is 3.94. The molecule has 0 radical (unpaired) electrons. The Bertz CT molecular complexity index is 766. The third-order valence-corrected chi connectivity index (χ3v) is 3.78. The van der Waals surface area contributed by atoms with Crippen LogP contribution < -0.4 is 4.74 Å². The summed E-state index contributed by atoms with van der Waals surface area (Å²) >= 11 is 0. The Morgan fingerprint density at radius 3 is 2.24 bits per heavy atom. The molecule has 0 N–H and O–H groups in total. The zero-order chi connectivity index (χ0) is 13.4. The summed E-state index contributed by atoms with van der Waals surface area (Å²) in [6.07, 6.45) is 0.927. The molecule has 0 fully saturated rings. The summed E-state index contributed by atoms with van der Waals surface area (Å²) in [5, 5.41) is 0. The van der Waals surface area contributed by atoms with E-state index in [2.05, 4.69) is 54.6 Å². The Hall–Kier alpha value is -1.85. The van der Waals surface area contributed by atoms with Crippen LogP contribution in [0.1, 0.15) is 11.1 Å². The molecule has 0 aliphatic carbocycles. The van der Waals surface area contributed by atoms with Gasteiger partial charge in [-0.2, -0.15) is 0 Å². The van der Waals surface area contributed by atoms with Gasteiger partial charge in [-0.05, 0) is 28.8 Å². The van der Waals surface area contributed by atoms with Gasteiger partial charge < -0.3 is 4.74 Å². The molecule has 0 amide bonds. The molecule has 0 unspecified atom stereocenters. The predicted octanol–water partition coefficient (Wildman–Crippen LogP) is 5.05. The van der Waals surface area contributed by atoms with E-state index >= 15 is 0 Å². The van der Waals surface area contributed by atoms with E-state index in [4.69, 9.17) is 4.74 Å². The topological polar surface area (TPSA) is 9.23 Å². The summed E-state index contributed by atoms with van der Waals surface area (Å²) < 4.78 is 6.04. The Morgan fingerprint density at radius 1 is 0.667 bits per heavy atom. The van der Waals surface area contributed by atoms with Crippen LogP contribution in [-0.4, -0.2) is 0 Å². The van der Waals surface area contributed by atoms with Crippen LogP contribution in [0.4, 0.5) is 0 Å². The van der Waals surface area contributed by atoms with Gasteiger partial charge in [0.15, 0.2) is 0 Å². The molecule has 0 saturated carbocycles. The monoisotopic (exact) mass is 453 g/mol. The van der Waals surface area contributed by atoms with E-state index in [0.717, 1.165) is 17.9 Å². The second-order valence-electron chi connectivity index (χ2n) is 5.03. The quantitative estimate of drug-likeness (QED) is 0.392. The number of benzene rings is 3. The molecular weight excluding hydrogens is 439 g/mol. The van der Waals surface area contributed by atoms with Crippen LogP contribution in [0.3, 0.4) is 0 Å². The van der Waals surface area contributed by atoms with Gasteiger partial charge in [0.25, 0.3) is 0 Å². The summed E-state index contributed by atoms with van der Waals surface area (Å²) in [5.74, 6) is 1.95. The fourth-order valence-corrected chi connectivity index (χ4v) is 2.79. The van der Waals surface area contributed by atoms with Crippen LogP contribution in [0.2, 0.25) is 0 Å². The molecule has 1 nitrogen and oxygen atoms in total. The van der Waals surface area contributed by atoms with Crippen molar-refractivity contribution < 1.29 is 25.8 Å². The molecule has 106 valence electrons. The number of ether oxygens (including phenoxy) is 1. The second-order valence-corrected chi connectivity index (χ2v) is 5.03. The first kappa shape index (κ1) is 14.1. The molecule has 1 heterocycles. The minimum atomic E-state index is 0. The molecule has 2 heteroatoms. The van der Waals surface area contributed by atoms with E-state index in [1.165, 1.54) is 22.3 Å². The first-order chi connectivity index (χ1) is 9.92. The van der Waals surface area contributed by atoms with Crippen molar-refractivity contribution in [1.29, 1.82) is 0 Å². The number of rotatable bonds is 1. The molecular formula is C19H14OPt. The predicted molar refractivity (Wildman–Crippen MR) is 81.2 cm³/mol. The first-order valence-corrected chi connectivity index (χ1v) is 6.85. The van der Waals surface area contributed by atoms with Gasteiger partial charge in [0, 0.05) is 33.0 Å². The number of hydrogen-bond donors (Lipinski definition) is 0. The zero-order valence-corrected chi connectivity index (χ0v) is 13.6. The minimum Gasteiger partial charge on any atom is -0.457 e. The van der Waals surface area contributed by atoms with Gasteiger partial charge in [-0.25, -0.2) is 0 Å². The molecule has 3 aromatic rings. The van der Waals surface area contributed by atoms with Crippen LogP contribution in [0, 0.1) is 0 Å². The first-order valence-electron chi connectivity index (χ1n) is 6.85. The maximum atomic E-state index is 6.04. The van der Waals surface area contributed by atoms with Crippen LogP contribution >= 0.6 is 0 Å². The molecule has 0 spiro atoms. The molecule has 0 aromatic heterocycles. The van der Waals surface area contributed by atoms with Crippen LogP contribution in [0.25, 0.3) is 11.1 Å². The fourth-order valence-electron chi connectivity index (χ4n) is 2.79. The van der Waals surface area contributed by atoms with Gasteiger partial charge in [-0.3, -0.25) is 0 Å². The largest absolute Gasteiger partial charge is 0.457 e. The Balaban J connectivity index is 0.00000132. The maximum Gasteiger partial charge on any atom is 0.131 e. The normalized spacial score (nSPS) is 11.6. The number of para-hydroxylation sites is 1. The molecule has 3 aromatic carbocycles. The van der Waals surface area contributed by atoms with Crippen molar-refractivity contribution in [3.63, 3.8) is 0 Å².